The number of nitrogens with zero attached hydrogens (tertiary/aromatic N) is 2. The number of amides is 1. The number of hydrogen-bond acceptors (Lipinski definition) is 4. The Bertz CT molecular complexity index is 797. The quantitative estimate of drug-likeness (QED) is 0.872. The lowest BCUT2D eigenvalue weighted by molar-refractivity contribution is 0.00956. The molecule has 7 heteroatoms. The summed E-state index contributed by atoms with van der Waals surface area (Å²) in [7, 11) is 0. The lowest BCUT2D eigenvalue weighted by Gasteiger charge is -2.31. The van der Waals surface area contributed by atoms with Crippen molar-refractivity contribution in [2.24, 2.45) is 0 Å². The van der Waals surface area contributed by atoms with Crippen LogP contribution < -0.4 is 0 Å². The van der Waals surface area contributed by atoms with E-state index in [-0.39, 0.29) is 22.8 Å². The number of halogens is 2. The zero-order valence-corrected chi connectivity index (χ0v) is 12.6. The number of carbonyl (C=O) groups excluding carboxylic acids is 2. The second-order valence-corrected chi connectivity index (χ2v) is 5.53. The zero-order chi connectivity index (χ0) is 16.6. The summed E-state index contributed by atoms with van der Waals surface area (Å²) in [4.78, 5) is 29.7. The molecular formula is C16H12ClFN2O3. The largest absolute Gasteiger partial charge is 0.366 e. The Morgan fingerprint density at radius 3 is 2.91 bits per heavy atom. The number of pyridine rings is 1. The van der Waals surface area contributed by atoms with Gasteiger partial charge in [0.05, 0.1) is 5.02 Å². The number of aliphatic hydroxyl groups excluding tert-OH is 1. The minimum atomic E-state index is -1.70. The van der Waals surface area contributed by atoms with Gasteiger partial charge in [-0.1, -0.05) is 17.7 Å². The maximum atomic E-state index is 13.5. The number of aliphatic hydroxyl groups is 1. The molecule has 1 N–H and O–H groups in total. The maximum absolute atomic E-state index is 13.5. The molecule has 1 aromatic carbocycles. The molecule has 0 aliphatic carbocycles. The maximum Gasteiger partial charge on any atom is 0.275 e. The van der Waals surface area contributed by atoms with E-state index in [1.165, 1.54) is 18.3 Å². The van der Waals surface area contributed by atoms with Gasteiger partial charge < -0.3 is 10.0 Å². The zero-order valence-electron chi connectivity index (χ0n) is 11.9. The lowest BCUT2D eigenvalue weighted by Crippen LogP contribution is -2.48. The van der Waals surface area contributed by atoms with Crippen molar-refractivity contribution in [3.8, 4) is 0 Å². The fourth-order valence-corrected chi connectivity index (χ4v) is 2.60. The van der Waals surface area contributed by atoms with Gasteiger partial charge in [-0.2, -0.15) is 0 Å². The second-order valence-electron chi connectivity index (χ2n) is 5.13. The summed E-state index contributed by atoms with van der Waals surface area (Å²) < 4.78 is 13.5. The Hall–Kier alpha value is -2.31. The van der Waals surface area contributed by atoms with Gasteiger partial charge in [-0.15, -0.1) is 0 Å². The monoisotopic (exact) mass is 334 g/mol. The van der Waals surface area contributed by atoms with Gasteiger partial charge >= 0.3 is 0 Å². The van der Waals surface area contributed by atoms with Gasteiger partial charge in [0.25, 0.3) is 5.91 Å². The normalized spacial score (nSPS) is 15.3. The number of fused-ring (bicyclic) bond motifs is 1. The van der Waals surface area contributed by atoms with Crippen LogP contribution in [-0.2, 0) is 6.42 Å². The Morgan fingerprint density at radius 1 is 1.39 bits per heavy atom. The minimum Gasteiger partial charge on any atom is -0.366 e. The van der Waals surface area contributed by atoms with Crippen LogP contribution in [0, 0.1) is 5.82 Å². The van der Waals surface area contributed by atoms with E-state index in [9.17, 15) is 19.1 Å². The van der Waals surface area contributed by atoms with E-state index in [1.807, 2.05) is 0 Å². The second kappa shape index (κ2) is 6.06. The first-order valence-electron chi connectivity index (χ1n) is 6.91. The van der Waals surface area contributed by atoms with Gasteiger partial charge in [-0.05, 0) is 36.2 Å². The van der Waals surface area contributed by atoms with Crippen LogP contribution in [-0.4, -0.2) is 39.5 Å². The van der Waals surface area contributed by atoms with E-state index in [1.54, 1.807) is 12.1 Å². The summed E-state index contributed by atoms with van der Waals surface area (Å²) in [6, 6.07) is 6.97. The molecule has 2 heterocycles. The van der Waals surface area contributed by atoms with Crippen molar-refractivity contribution in [1.29, 1.82) is 0 Å². The fourth-order valence-electron chi connectivity index (χ4n) is 2.48. The van der Waals surface area contributed by atoms with Crippen LogP contribution in [0.15, 0.2) is 36.5 Å². The van der Waals surface area contributed by atoms with Crippen molar-refractivity contribution in [3.05, 3.63) is 64.2 Å². The van der Waals surface area contributed by atoms with E-state index in [4.69, 9.17) is 11.6 Å². The molecule has 0 fully saturated rings. The average Bonchev–Trinajstić information content (AvgIpc) is 2.57. The van der Waals surface area contributed by atoms with Crippen molar-refractivity contribution >= 4 is 23.3 Å². The summed E-state index contributed by atoms with van der Waals surface area (Å²) in [6.45, 7) is 0.181. The van der Waals surface area contributed by atoms with Crippen LogP contribution >= 0.6 is 11.6 Å². The Balaban J connectivity index is 1.86. The molecule has 23 heavy (non-hydrogen) atoms. The first-order valence-corrected chi connectivity index (χ1v) is 7.29. The number of rotatable bonds is 3. The van der Waals surface area contributed by atoms with Crippen LogP contribution in [0.4, 0.5) is 4.39 Å². The molecule has 0 saturated carbocycles. The molecule has 1 aliphatic rings. The fraction of sp³-hybridized carbons (Fsp3) is 0.188. The molecule has 118 valence electrons. The van der Waals surface area contributed by atoms with Crippen LogP contribution in [0.3, 0.4) is 0 Å². The molecule has 1 aliphatic heterocycles. The Kier molecular flexibility index (Phi) is 4.11. The number of benzene rings is 1. The van der Waals surface area contributed by atoms with Crippen LogP contribution in [0.2, 0.25) is 5.02 Å². The SMILES string of the molecule is O=C(c1ccc(Cl)c(F)c1)C(O)N1CCc2cccnc2C1=O. The molecule has 0 radical (unpaired) electrons. The molecule has 3 rings (SSSR count). The average molecular weight is 335 g/mol. The summed E-state index contributed by atoms with van der Waals surface area (Å²) in [5.41, 5.74) is 0.929. The lowest BCUT2D eigenvalue weighted by atomic mass is 10.0. The highest BCUT2D eigenvalue weighted by Crippen LogP contribution is 2.21. The number of hydrogen-bond donors (Lipinski definition) is 1. The highest BCUT2D eigenvalue weighted by atomic mass is 35.5. The smallest absolute Gasteiger partial charge is 0.275 e. The number of Topliss-reactive ketones (excluding diaryl/α,β-unsaturated/α-hetero) is 1. The number of ketones is 1. The molecular weight excluding hydrogens is 323 g/mol. The summed E-state index contributed by atoms with van der Waals surface area (Å²) in [6.07, 6.45) is 0.260. The molecule has 1 amide bonds. The van der Waals surface area contributed by atoms with Crippen LogP contribution in [0.1, 0.15) is 26.4 Å². The molecule has 1 atom stereocenters. The molecule has 0 bridgehead atoms. The van der Waals surface area contributed by atoms with Gasteiger partial charge in [0.2, 0.25) is 5.78 Å². The van der Waals surface area contributed by atoms with E-state index in [2.05, 4.69) is 4.98 Å². The van der Waals surface area contributed by atoms with Crippen molar-refractivity contribution < 1.29 is 19.1 Å². The van der Waals surface area contributed by atoms with E-state index in [0.29, 0.717) is 6.42 Å². The van der Waals surface area contributed by atoms with Crippen molar-refractivity contribution in [1.82, 2.24) is 9.88 Å². The summed E-state index contributed by atoms with van der Waals surface area (Å²) >= 11 is 5.57. The molecule has 2 aromatic rings. The molecule has 1 unspecified atom stereocenters. The third-order valence-corrected chi connectivity index (χ3v) is 4.02. The predicted octanol–water partition coefficient (Wildman–Crippen LogP) is 2.07. The minimum absolute atomic E-state index is 0.0565. The first kappa shape index (κ1) is 15.6. The van der Waals surface area contributed by atoms with Crippen LogP contribution in [0.25, 0.3) is 0 Å². The van der Waals surface area contributed by atoms with E-state index >= 15 is 0 Å². The van der Waals surface area contributed by atoms with E-state index in [0.717, 1.165) is 16.5 Å². The Labute approximate surface area is 136 Å². The topological polar surface area (TPSA) is 70.5 Å². The first-order chi connectivity index (χ1) is 11.0. The highest BCUT2D eigenvalue weighted by Gasteiger charge is 2.34. The third kappa shape index (κ3) is 2.83. The molecule has 1 aromatic heterocycles. The Morgan fingerprint density at radius 2 is 2.17 bits per heavy atom. The van der Waals surface area contributed by atoms with E-state index < -0.39 is 23.7 Å². The predicted molar refractivity (Wildman–Crippen MR) is 80.7 cm³/mol. The van der Waals surface area contributed by atoms with Gasteiger partial charge in [-0.25, -0.2) is 4.39 Å². The van der Waals surface area contributed by atoms with Crippen molar-refractivity contribution in [3.63, 3.8) is 0 Å². The standard InChI is InChI=1S/C16H12ClFN2O3/c17-11-4-3-10(8-12(11)18)14(21)16(23)20-7-5-9-2-1-6-19-13(9)15(20)22/h1-4,6,8,16,23H,5,7H2. The molecule has 5 nitrogen and oxygen atoms in total. The molecule has 0 saturated heterocycles. The van der Waals surface area contributed by atoms with Gasteiger partial charge in [0, 0.05) is 18.3 Å². The van der Waals surface area contributed by atoms with Gasteiger partial charge in [-0.3, -0.25) is 14.6 Å². The molecule has 0 spiro atoms. The summed E-state index contributed by atoms with van der Waals surface area (Å²) in [5.74, 6) is -2.06. The van der Waals surface area contributed by atoms with Crippen molar-refractivity contribution in [2.75, 3.05) is 6.54 Å². The number of aromatic nitrogens is 1. The van der Waals surface area contributed by atoms with Gasteiger partial charge in [0.1, 0.15) is 11.5 Å². The highest BCUT2D eigenvalue weighted by molar-refractivity contribution is 6.30. The third-order valence-electron chi connectivity index (χ3n) is 3.71. The van der Waals surface area contributed by atoms with Crippen LogP contribution in [0.5, 0.6) is 0 Å². The summed E-state index contributed by atoms with van der Waals surface area (Å²) in [5, 5.41) is 10.1. The number of carbonyl (C=O) groups is 2. The van der Waals surface area contributed by atoms with Gasteiger partial charge in [0.15, 0.2) is 6.23 Å². The van der Waals surface area contributed by atoms with Crippen molar-refractivity contribution in [2.45, 2.75) is 12.6 Å².